The number of hydrogen-bond acceptors (Lipinski definition) is 4. The lowest BCUT2D eigenvalue weighted by molar-refractivity contribution is -0.140. The van der Waals surface area contributed by atoms with Crippen LogP contribution in [0, 0.1) is 23.7 Å². The van der Waals surface area contributed by atoms with Crippen LogP contribution in [0.15, 0.2) is 18.3 Å². The van der Waals surface area contributed by atoms with Crippen LogP contribution in [0.3, 0.4) is 0 Å². The maximum Gasteiger partial charge on any atom is 0.314 e. The van der Waals surface area contributed by atoms with Gasteiger partial charge in [-0.1, -0.05) is 39.5 Å². The normalized spacial score (nSPS) is 27.9. The predicted octanol–water partition coefficient (Wildman–Crippen LogP) is 6.19. The smallest absolute Gasteiger partial charge is 0.314 e. The Morgan fingerprint density at radius 1 is 1.00 bits per heavy atom. The van der Waals surface area contributed by atoms with Crippen molar-refractivity contribution in [3.63, 3.8) is 0 Å². The molecule has 0 aromatic carbocycles. The topological polar surface area (TPSA) is 48.4 Å². The van der Waals surface area contributed by atoms with Crippen molar-refractivity contribution in [1.82, 2.24) is 4.98 Å². The van der Waals surface area contributed by atoms with E-state index in [0.29, 0.717) is 18.2 Å². The second-order valence-electron chi connectivity index (χ2n) is 8.76. The van der Waals surface area contributed by atoms with Gasteiger partial charge in [0.05, 0.1) is 18.7 Å². The molecular formula is C24H37NO3. The van der Waals surface area contributed by atoms with Gasteiger partial charge in [-0.2, -0.15) is 0 Å². The monoisotopic (exact) mass is 387 g/mol. The average Bonchev–Trinajstić information content (AvgIpc) is 2.75. The molecule has 3 rings (SSSR count). The molecule has 28 heavy (non-hydrogen) atoms. The predicted molar refractivity (Wildman–Crippen MR) is 111 cm³/mol. The van der Waals surface area contributed by atoms with Gasteiger partial charge < -0.3 is 9.47 Å². The van der Waals surface area contributed by atoms with Gasteiger partial charge in [0.1, 0.15) is 5.75 Å². The molecule has 0 aliphatic heterocycles. The van der Waals surface area contributed by atoms with Crippen LogP contribution >= 0.6 is 0 Å². The zero-order valence-corrected chi connectivity index (χ0v) is 17.7. The molecule has 0 N–H and O–H groups in total. The highest BCUT2D eigenvalue weighted by Crippen LogP contribution is 2.42. The van der Waals surface area contributed by atoms with Crippen LogP contribution in [0.1, 0.15) is 84.5 Å². The zero-order valence-electron chi connectivity index (χ0n) is 17.7. The Balaban J connectivity index is 1.40. The molecule has 4 heteroatoms. The summed E-state index contributed by atoms with van der Waals surface area (Å²) in [6, 6.07) is 3.56. The third-order valence-corrected chi connectivity index (χ3v) is 6.92. The van der Waals surface area contributed by atoms with E-state index in [9.17, 15) is 4.79 Å². The summed E-state index contributed by atoms with van der Waals surface area (Å²) in [7, 11) is 0. The van der Waals surface area contributed by atoms with Crippen molar-refractivity contribution < 1.29 is 14.3 Å². The van der Waals surface area contributed by atoms with Crippen LogP contribution in [-0.4, -0.2) is 17.6 Å². The number of ether oxygens (including phenoxy) is 2. The highest BCUT2D eigenvalue weighted by molar-refractivity contribution is 5.75. The molecule has 1 aromatic rings. The lowest BCUT2D eigenvalue weighted by Crippen LogP contribution is -2.30. The number of carbonyl (C=O) groups excluding carboxylic acids is 1. The zero-order chi connectivity index (χ0) is 19.8. The number of esters is 1. The lowest BCUT2D eigenvalue weighted by atomic mass is 9.69. The molecule has 0 saturated heterocycles. The fourth-order valence-electron chi connectivity index (χ4n) is 4.93. The Bertz CT molecular complexity index is 584. The molecule has 2 saturated carbocycles. The number of carbonyl (C=O) groups is 1. The van der Waals surface area contributed by atoms with Gasteiger partial charge in [-0.15, -0.1) is 0 Å². The summed E-state index contributed by atoms with van der Waals surface area (Å²) in [5.41, 5.74) is 0. The minimum Gasteiger partial charge on any atom is -0.478 e. The molecule has 0 radical (unpaired) electrons. The van der Waals surface area contributed by atoms with Gasteiger partial charge in [-0.3, -0.25) is 4.79 Å². The summed E-state index contributed by atoms with van der Waals surface area (Å²) in [6.07, 6.45) is 15.0. The van der Waals surface area contributed by atoms with Crippen LogP contribution in [0.25, 0.3) is 0 Å². The van der Waals surface area contributed by atoms with E-state index in [0.717, 1.165) is 43.4 Å². The highest BCUT2D eigenvalue weighted by atomic mass is 16.5. The Morgan fingerprint density at radius 2 is 1.68 bits per heavy atom. The van der Waals surface area contributed by atoms with Crippen LogP contribution in [0.5, 0.6) is 11.6 Å². The Hall–Kier alpha value is -1.58. The standard InChI is InChI=1S/C24H37NO3/c1-3-5-16-27-23-15-14-22(17-25-23)28-24(26)21-12-10-20(11-13-21)19-8-6-18(4-2)7-9-19/h14-15,17-21H,3-13,16H2,1-2H3/t18-,19-,20-,21-. The van der Waals surface area contributed by atoms with Crippen molar-refractivity contribution >= 4 is 5.97 Å². The fraction of sp³-hybridized carbons (Fsp3) is 0.750. The van der Waals surface area contributed by atoms with Crippen LogP contribution in [0.2, 0.25) is 0 Å². The Morgan fingerprint density at radius 3 is 2.25 bits per heavy atom. The molecule has 0 atom stereocenters. The molecule has 0 spiro atoms. The third-order valence-electron chi connectivity index (χ3n) is 6.92. The Labute approximate surface area is 170 Å². The summed E-state index contributed by atoms with van der Waals surface area (Å²) >= 11 is 0. The molecule has 0 bridgehead atoms. The van der Waals surface area contributed by atoms with Gasteiger partial charge in [-0.25, -0.2) is 4.98 Å². The van der Waals surface area contributed by atoms with E-state index < -0.39 is 0 Å². The van der Waals surface area contributed by atoms with Crippen LogP contribution < -0.4 is 9.47 Å². The molecule has 1 heterocycles. The molecule has 2 fully saturated rings. The van der Waals surface area contributed by atoms with Gasteiger partial charge in [-0.05, 0) is 68.8 Å². The highest BCUT2D eigenvalue weighted by Gasteiger charge is 2.33. The van der Waals surface area contributed by atoms with E-state index >= 15 is 0 Å². The van der Waals surface area contributed by atoms with Gasteiger partial charge in [0.2, 0.25) is 5.88 Å². The number of rotatable bonds is 8. The van der Waals surface area contributed by atoms with Crippen molar-refractivity contribution in [1.29, 1.82) is 0 Å². The van der Waals surface area contributed by atoms with Crippen molar-refractivity contribution in [2.45, 2.75) is 84.5 Å². The number of hydrogen-bond donors (Lipinski definition) is 0. The third kappa shape index (κ3) is 5.96. The SMILES string of the molecule is CCCCOc1ccc(OC(=O)[C@H]2CC[C@H]([C@H]3CC[C@H](CC)CC3)CC2)cn1. The lowest BCUT2D eigenvalue weighted by Gasteiger charge is -2.37. The number of pyridine rings is 1. The van der Waals surface area contributed by atoms with E-state index in [2.05, 4.69) is 18.8 Å². The average molecular weight is 388 g/mol. The number of unbranched alkanes of at least 4 members (excludes halogenated alkanes) is 1. The van der Waals surface area contributed by atoms with Crippen molar-refractivity contribution in [3.05, 3.63) is 18.3 Å². The molecule has 0 amide bonds. The van der Waals surface area contributed by atoms with Gasteiger partial charge >= 0.3 is 5.97 Å². The van der Waals surface area contributed by atoms with E-state index in [4.69, 9.17) is 9.47 Å². The maximum absolute atomic E-state index is 12.5. The van der Waals surface area contributed by atoms with Crippen LogP contribution in [-0.2, 0) is 4.79 Å². The van der Waals surface area contributed by atoms with Gasteiger partial charge in [0, 0.05) is 6.07 Å². The van der Waals surface area contributed by atoms with Crippen molar-refractivity contribution in [3.8, 4) is 11.6 Å². The first kappa shape index (κ1) is 21.1. The Kier molecular flexibility index (Phi) is 8.17. The number of nitrogens with zero attached hydrogens (tertiary/aromatic N) is 1. The first-order chi connectivity index (χ1) is 13.7. The van der Waals surface area contributed by atoms with Gasteiger partial charge in [0.25, 0.3) is 0 Å². The van der Waals surface area contributed by atoms with E-state index in [1.807, 2.05) is 0 Å². The molecule has 4 nitrogen and oxygen atoms in total. The summed E-state index contributed by atoms with van der Waals surface area (Å²) in [5, 5.41) is 0. The quantitative estimate of drug-likeness (QED) is 0.394. The first-order valence-electron chi connectivity index (χ1n) is 11.5. The minimum absolute atomic E-state index is 0.0451. The van der Waals surface area contributed by atoms with Crippen LogP contribution in [0.4, 0.5) is 0 Å². The molecule has 156 valence electrons. The molecular weight excluding hydrogens is 350 g/mol. The van der Waals surface area contributed by atoms with E-state index in [1.54, 1.807) is 18.3 Å². The maximum atomic E-state index is 12.5. The summed E-state index contributed by atoms with van der Waals surface area (Å²) < 4.78 is 11.1. The summed E-state index contributed by atoms with van der Waals surface area (Å²) in [6.45, 7) is 5.13. The summed E-state index contributed by atoms with van der Waals surface area (Å²) in [5.74, 6) is 3.74. The number of aromatic nitrogens is 1. The largest absolute Gasteiger partial charge is 0.478 e. The first-order valence-corrected chi connectivity index (χ1v) is 11.5. The fourth-order valence-corrected chi connectivity index (χ4v) is 4.93. The van der Waals surface area contributed by atoms with E-state index in [1.165, 1.54) is 44.9 Å². The molecule has 2 aliphatic carbocycles. The second kappa shape index (κ2) is 10.8. The molecule has 2 aliphatic rings. The van der Waals surface area contributed by atoms with Crippen molar-refractivity contribution in [2.24, 2.45) is 23.7 Å². The summed E-state index contributed by atoms with van der Waals surface area (Å²) in [4.78, 5) is 16.8. The van der Waals surface area contributed by atoms with Gasteiger partial charge in [0.15, 0.2) is 0 Å². The second-order valence-corrected chi connectivity index (χ2v) is 8.76. The van der Waals surface area contributed by atoms with Crippen molar-refractivity contribution in [2.75, 3.05) is 6.61 Å². The molecule has 1 aromatic heterocycles. The minimum atomic E-state index is -0.0883. The van der Waals surface area contributed by atoms with E-state index in [-0.39, 0.29) is 11.9 Å². The molecule has 0 unspecified atom stereocenters.